The lowest BCUT2D eigenvalue weighted by molar-refractivity contribution is 0.235. The van der Waals surface area contributed by atoms with Crippen LogP contribution < -0.4 is 4.74 Å². The summed E-state index contributed by atoms with van der Waals surface area (Å²) in [5.74, 6) is 0.728. The van der Waals surface area contributed by atoms with E-state index in [-0.39, 0.29) is 11.5 Å². The van der Waals surface area contributed by atoms with Crippen molar-refractivity contribution < 1.29 is 17.3 Å². The van der Waals surface area contributed by atoms with Gasteiger partial charge >= 0.3 is 0 Å². The molecule has 0 heterocycles. The average Bonchev–Trinajstić information content (AvgIpc) is 2.73. The van der Waals surface area contributed by atoms with Crippen molar-refractivity contribution in [3.63, 3.8) is 0 Å². The fourth-order valence-electron chi connectivity index (χ4n) is 3.45. The molecule has 3 aromatic carbocycles. The minimum Gasteiger partial charge on any atom is -0.489 e. The molecule has 3 rings (SSSR count). The topological polar surface area (TPSA) is 52.6 Å². The molecule has 4 nitrogen and oxygen atoms in total. The summed E-state index contributed by atoms with van der Waals surface area (Å²) in [5, 5.41) is 0. The molecule has 0 unspecified atom stereocenters. The Bertz CT molecular complexity index is 1130. The van der Waals surface area contributed by atoms with E-state index in [1.54, 1.807) is 24.3 Å². The minimum absolute atomic E-state index is 0.00692. The van der Waals surface area contributed by atoms with E-state index in [1.807, 2.05) is 51.1 Å². The first-order chi connectivity index (χ1) is 14.6. The molecule has 3 aromatic rings. The first-order valence-electron chi connectivity index (χ1n) is 10.3. The molecule has 5 heteroatoms. The summed E-state index contributed by atoms with van der Waals surface area (Å²) in [6.07, 6.45) is 0. The summed E-state index contributed by atoms with van der Waals surface area (Å²) in [5.41, 5.74) is 4.85. The zero-order chi connectivity index (χ0) is 22.6. The van der Waals surface area contributed by atoms with E-state index in [1.165, 1.54) is 11.1 Å². The highest BCUT2D eigenvalue weighted by atomic mass is 32.2. The second kappa shape index (κ2) is 9.25. The lowest BCUT2D eigenvalue weighted by Crippen LogP contribution is -2.27. The highest BCUT2D eigenvalue weighted by molar-refractivity contribution is 7.86. The summed E-state index contributed by atoms with van der Waals surface area (Å²) in [6, 6.07) is 20.6. The maximum absolute atomic E-state index is 12.6. The molecule has 0 aliphatic heterocycles. The van der Waals surface area contributed by atoms with E-state index < -0.39 is 15.5 Å². The third-order valence-electron chi connectivity index (χ3n) is 5.52. The van der Waals surface area contributed by atoms with E-state index >= 15 is 0 Å². The molecule has 0 radical (unpaired) electrons. The largest absolute Gasteiger partial charge is 0.489 e. The third-order valence-corrected chi connectivity index (χ3v) is 6.79. The van der Waals surface area contributed by atoms with E-state index in [4.69, 9.17) is 8.92 Å². The highest BCUT2D eigenvalue weighted by Gasteiger charge is 2.28. The Morgan fingerprint density at radius 2 is 1.42 bits per heavy atom. The molecule has 0 atom stereocenters. The van der Waals surface area contributed by atoms with E-state index in [9.17, 15) is 8.42 Å². The van der Waals surface area contributed by atoms with Gasteiger partial charge in [0.2, 0.25) is 0 Å². The number of benzene rings is 3. The molecule has 0 amide bonds. The Kier molecular flexibility index (Phi) is 6.87. The van der Waals surface area contributed by atoms with Crippen molar-refractivity contribution in [2.45, 2.75) is 51.5 Å². The fourth-order valence-corrected chi connectivity index (χ4v) is 4.51. The normalized spacial score (nSPS) is 12.0. The number of rotatable bonds is 8. The van der Waals surface area contributed by atoms with Gasteiger partial charge in [0.05, 0.1) is 11.5 Å². The molecular weight excluding hydrogens is 408 g/mol. The van der Waals surface area contributed by atoms with Crippen LogP contribution in [0.1, 0.15) is 41.7 Å². The monoisotopic (exact) mass is 438 g/mol. The molecule has 0 aliphatic rings. The van der Waals surface area contributed by atoms with Crippen molar-refractivity contribution in [3.8, 4) is 5.75 Å². The van der Waals surface area contributed by atoms with Gasteiger partial charge in [-0.1, -0.05) is 67.9 Å². The molecule has 0 spiro atoms. The van der Waals surface area contributed by atoms with Crippen molar-refractivity contribution in [3.05, 3.63) is 94.5 Å². The van der Waals surface area contributed by atoms with Crippen LogP contribution in [-0.2, 0) is 26.3 Å². The Morgan fingerprint density at radius 1 is 0.806 bits per heavy atom. The van der Waals surface area contributed by atoms with Gasteiger partial charge < -0.3 is 4.74 Å². The molecular formula is C26H30O4S. The number of hydrogen-bond donors (Lipinski definition) is 0. The smallest absolute Gasteiger partial charge is 0.297 e. The molecule has 0 saturated heterocycles. The molecule has 0 N–H and O–H groups in total. The zero-order valence-electron chi connectivity index (χ0n) is 18.8. The van der Waals surface area contributed by atoms with Crippen molar-refractivity contribution >= 4 is 10.1 Å². The summed E-state index contributed by atoms with van der Waals surface area (Å²) in [4.78, 5) is 0.161. The van der Waals surface area contributed by atoms with E-state index in [2.05, 4.69) is 26.0 Å². The van der Waals surface area contributed by atoms with Gasteiger partial charge in [-0.3, -0.25) is 4.18 Å². The molecule has 0 saturated carbocycles. The van der Waals surface area contributed by atoms with Gasteiger partial charge in [-0.05, 0) is 55.7 Å². The maximum atomic E-state index is 12.6. The number of hydrogen-bond acceptors (Lipinski definition) is 4. The van der Waals surface area contributed by atoms with Gasteiger partial charge in [0.1, 0.15) is 12.4 Å². The second-order valence-electron chi connectivity index (χ2n) is 8.57. The van der Waals surface area contributed by atoms with Gasteiger partial charge in [0.15, 0.2) is 0 Å². The summed E-state index contributed by atoms with van der Waals surface area (Å²) >= 11 is 0. The number of ether oxygens (including phenoxy) is 1. The zero-order valence-corrected chi connectivity index (χ0v) is 19.6. The number of aryl methyl sites for hydroxylation is 3. The summed E-state index contributed by atoms with van der Waals surface area (Å²) in [7, 11) is -3.84. The first kappa shape index (κ1) is 23.0. The lowest BCUT2D eigenvalue weighted by atomic mass is 9.85. The van der Waals surface area contributed by atoms with Crippen LogP contribution in [0.25, 0.3) is 0 Å². The molecule has 0 aromatic heterocycles. The Labute approximate surface area is 186 Å². The van der Waals surface area contributed by atoms with Crippen LogP contribution in [0, 0.1) is 20.8 Å². The van der Waals surface area contributed by atoms with Crippen molar-refractivity contribution in [2.75, 3.05) is 6.61 Å². The van der Waals surface area contributed by atoms with Crippen LogP contribution in [0.15, 0.2) is 71.6 Å². The lowest BCUT2D eigenvalue weighted by Gasteiger charge is -2.27. The molecule has 31 heavy (non-hydrogen) atoms. The predicted octanol–water partition coefficient (Wildman–Crippen LogP) is 5.87. The van der Waals surface area contributed by atoms with Crippen LogP contribution in [0.3, 0.4) is 0 Å². The van der Waals surface area contributed by atoms with E-state index in [0.717, 1.165) is 22.4 Å². The second-order valence-corrected chi connectivity index (χ2v) is 10.2. The minimum atomic E-state index is -3.84. The molecule has 0 aliphatic carbocycles. The molecule has 164 valence electrons. The molecule has 0 fully saturated rings. The maximum Gasteiger partial charge on any atom is 0.297 e. The standard InChI is InChI=1S/C26H30O4S/c1-19-13-15-22(16-14-19)31(27,28)30-18-26(4,5)24-11-6-7-12-25(24)29-17-23-20(2)9-8-10-21(23)3/h6-16H,17-18H2,1-5H3. The Morgan fingerprint density at radius 3 is 2.06 bits per heavy atom. The van der Waals surface area contributed by atoms with Crippen molar-refractivity contribution in [1.82, 2.24) is 0 Å². The summed E-state index contributed by atoms with van der Waals surface area (Å²) < 4.78 is 36.9. The van der Waals surface area contributed by atoms with Gasteiger partial charge in [-0.25, -0.2) is 0 Å². The van der Waals surface area contributed by atoms with E-state index in [0.29, 0.717) is 6.61 Å². The summed E-state index contributed by atoms with van der Waals surface area (Å²) in [6.45, 7) is 10.4. The Balaban J connectivity index is 1.78. The van der Waals surface area contributed by atoms with Crippen LogP contribution in [0.5, 0.6) is 5.75 Å². The van der Waals surface area contributed by atoms with Crippen LogP contribution in [-0.4, -0.2) is 15.0 Å². The van der Waals surface area contributed by atoms with Gasteiger partial charge in [0.25, 0.3) is 10.1 Å². The van der Waals surface area contributed by atoms with Crippen LogP contribution in [0.2, 0.25) is 0 Å². The highest BCUT2D eigenvalue weighted by Crippen LogP contribution is 2.33. The number of para-hydroxylation sites is 1. The van der Waals surface area contributed by atoms with Gasteiger partial charge in [-0.2, -0.15) is 8.42 Å². The SMILES string of the molecule is Cc1ccc(S(=O)(=O)OCC(C)(C)c2ccccc2OCc2c(C)cccc2C)cc1. The van der Waals surface area contributed by atoms with Crippen LogP contribution >= 0.6 is 0 Å². The first-order valence-corrected chi connectivity index (χ1v) is 11.7. The van der Waals surface area contributed by atoms with Gasteiger partial charge in [0, 0.05) is 11.0 Å². The average molecular weight is 439 g/mol. The van der Waals surface area contributed by atoms with Gasteiger partial charge in [-0.15, -0.1) is 0 Å². The Hall–Kier alpha value is -2.63. The third kappa shape index (κ3) is 5.54. The molecule has 0 bridgehead atoms. The van der Waals surface area contributed by atoms with Crippen molar-refractivity contribution in [1.29, 1.82) is 0 Å². The predicted molar refractivity (Wildman–Crippen MR) is 124 cm³/mol. The van der Waals surface area contributed by atoms with Crippen molar-refractivity contribution in [2.24, 2.45) is 0 Å². The van der Waals surface area contributed by atoms with Crippen LogP contribution in [0.4, 0.5) is 0 Å². The fraction of sp³-hybridized carbons (Fsp3) is 0.308. The quantitative estimate of drug-likeness (QED) is 0.413.